The van der Waals surface area contributed by atoms with E-state index in [0.29, 0.717) is 12.5 Å². The number of aliphatic carboxylic acids is 1. The summed E-state index contributed by atoms with van der Waals surface area (Å²) in [4.78, 5) is 22.9. The minimum absolute atomic E-state index is 0.288. The van der Waals surface area contributed by atoms with E-state index >= 15 is 0 Å². The third-order valence-electron chi connectivity index (χ3n) is 4.95. The number of carbonyl (C=O) groups is 2. The van der Waals surface area contributed by atoms with Crippen molar-refractivity contribution in [2.24, 2.45) is 33.9 Å². The van der Waals surface area contributed by atoms with Gasteiger partial charge in [0.1, 0.15) is 9.79 Å². The molecule has 6 N–H and O–H groups in total. The third-order valence-corrected chi connectivity index (χ3v) is 7.28. The van der Waals surface area contributed by atoms with Crippen LogP contribution in [0.15, 0.2) is 34.1 Å². The molecule has 1 saturated carbocycles. The first kappa shape index (κ1) is 20.7. The molecule has 0 aliphatic heterocycles. The number of carboxylic acid groups (broad SMARTS) is 1. The number of primary sulfonamides is 2. The zero-order chi connectivity index (χ0) is 21.0. The summed E-state index contributed by atoms with van der Waals surface area (Å²) in [6, 6.07) is 1.55. The minimum Gasteiger partial charge on any atom is -0.481 e. The fourth-order valence-electron chi connectivity index (χ4n) is 3.82. The number of carboxylic acids is 1. The highest BCUT2D eigenvalue weighted by atomic mass is 35.5. The van der Waals surface area contributed by atoms with Crippen molar-refractivity contribution in [2.45, 2.75) is 16.2 Å². The van der Waals surface area contributed by atoms with Gasteiger partial charge in [0.2, 0.25) is 26.0 Å². The van der Waals surface area contributed by atoms with Gasteiger partial charge in [-0.15, -0.1) is 0 Å². The smallest absolute Gasteiger partial charge is 0.307 e. The van der Waals surface area contributed by atoms with Crippen molar-refractivity contribution in [2.75, 3.05) is 5.32 Å². The minimum atomic E-state index is -4.47. The Kier molecular flexibility index (Phi) is 5.04. The molecule has 0 spiro atoms. The Labute approximate surface area is 165 Å². The van der Waals surface area contributed by atoms with Crippen LogP contribution in [0.2, 0.25) is 5.02 Å². The number of hydrogen-bond donors (Lipinski definition) is 4. The van der Waals surface area contributed by atoms with E-state index in [1.54, 1.807) is 12.2 Å². The fourth-order valence-corrected chi connectivity index (χ4v) is 5.69. The van der Waals surface area contributed by atoms with Gasteiger partial charge in [0.05, 0.1) is 22.5 Å². The number of nitrogens with two attached hydrogens (primary N) is 2. The van der Waals surface area contributed by atoms with Crippen LogP contribution < -0.4 is 15.6 Å². The molecule has 152 valence electrons. The van der Waals surface area contributed by atoms with Crippen LogP contribution in [0.4, 0.5) is 5.69 Å². The van der Waals surface area contributed by atoms with Crippen molar-refractivity contribution < 1.29 is 31.5 Å². The monoisotopic (exact) mass is 449 g/mol. The zero-order valence-corrected chi connectivity index (χ0v) is 16.5. The predicted octanol–water partition coefficient (Wildman–Crippen LogP) is 0.0962. The second-order valence-corrected chi connectivity index (χ2v) is 10.2. The molecule has 0 saturated heterocycles. The standard InChI is InChI=1S/C15H16ClN3O7S2/c16-8-4-9(11(28(18,25)26)5-10(8)27(17,23)24)19-14(20)12-6-1-2-7(3-6)13(12)15(21)22/h1-2,4-7,12-13H,3H2,(H,19,20)(H,21,22)(H2,17,23,24)(H2,18,25,26)/t6-,7+,12-,13+/m1/s1. The molecular formula is C15H16ClN3O7S2. The lowest BCUT2D eigenvalue weighted by Gasteiger charge is -2.24. The lowest BCUT2D eigenvalue weighted by atomic mass is 9.82. The number of sulfonamides is 2. The average molecular weight is 450 g/mol. The molecule has 1 aromatic carbocycles. The number of amides is 1. The van der Waals surface area contributed by atoms with Crippen molar-refractivity contribution >= 4 is 49.2 Å². The molecule has 1 fully saturated rings. The fraction of sp³-hybridized carbons (Fsp3) is 0.333. The van der Waals surface area contributed by atoms with Crippen molar-refractivity contribution in [3.63, 3.8) is 0 Å². The van der Waals surface area contributed by atoms with Crippen LogP contribution in [0.25, 0.3) is 0 Å². The molecule has 2 aliphatic rings. The number of nitrogens with one attached hydrogen (secondary N) is 1. The Balaban J connectivity index is 2.03. The maximum Gasteiger partial charge on any atom is 0.307 e. The molecule has 2 aliphatic carbocycles. The van der Waals surface area contributed by atoms with E-state index in [0.717, 1.165) is 6.07 Å². The molecule has 0 radical (unpaired) electrons. The normalized spacial score (nSPS) is 26.4. The summed E-state index contributed by atoms with van der Waals surface area (Å²) in [6.45, 7) is 0. The SMILES string of the molecule is NS(=O)(=O)c1cc(S(N)(=O)=O)c(NC(=O)[C@H]2[C@@H](C(=O)O)[C@H]3C=C[C@@H]2C3)cc1Cl. The van der Waals surface area contributed by atoms with Gasteiger partial charge in [-0.05, 0) is 30.4 Å². The first-order valence-corrected chi connectivity index (χ1v) is 11.4. The zero-order valence-electron chi connectivity index (χ0n) is 14.1. The quantitative estimate of drug-likeness (QED) is 0.458. The third kappa shape index (κ3) is 3.65. The van der Waals surface area contributed by atoms with Gasteiger partial charge in [-0.2, -0.15) is 0 Å². The van der Waals surface area contributed by atoms with Gasteiger partial charge in [-0.25, -0.2) is 27.1 Å². The van der Waals surface area contributed by atoms with E-state index in [9.17, 15) is 31.5 Å². The van der Waals surface area contributed by atoms with Crippen molar-refractivity contribution in [3.8, 4) is 0 Å². The number of fused-ring (bicyclic) bond motifs is 2. The van der Waals surface area contributed by atoms with E-state index in [1.165, 1.54) is 0 Å². The second kappa shape index (κ2) is 6.81. The lowest BCUT2D eigenvalue weighted by molar-refractivity contribution is -0.146. The van der Waals surface area contributed by atoms with Gasteiger partial charge >= 0.3 is 5.97 Å². The van der Waals surface area contributed by atoms with Gasteiger partial charge < -0.3 is 10.4 Å². The summed E-state index contributed by atoms with van der Waals surface area (Å²) < 4.78 is 46.9. The Morgan fingerprint density at radius 2 is 1.54 bits per heavy atom. The molecule has 2 bridgehead atoms. The number of allylic oxidation sites excluding steroid dienone is 2. The number of hydrogen-bond acceptors (Lipinski definition) is 6. The van der Waals surface area contributed by atoms with Gasteiger partial charge in [-0.3, -0.25) is 9.59 Å². The van der Waals surface area contributed by atoms with Crippen LogP contribution in [0.3, 0.4) is 0 Å². The summed E-state index contributed by atoms with van der Waals surface area (Å²) in [7, 11) is -8.82. The van der Waals surface area contributed by atoms with Crippen molar-refractivity contribution in [1.82, 2.24) is 0 Å². The van der Waals surface area contributed by atoms with E-state index in [4.69, 9.17) is 21.9 Å². The van der Waals surface area contributed by atoms with Crippen molar-refractivity contribution in [3.05, 3.63) is 29.3 Å². The molecule has 28 heavy (non-hydrogen) atoms. The highest BCUT2D eigenvalue weighted by Crippen LogP contribution is 2.48. The Bertz CT molecular complexity index is 1110. The van der Waals surface area contributed by atoms with Gasteiger partial charge in [0.15, 0.2) is 0 Å². The summed E-state index contributed by atoms with van der Waals surface area (Å²) in [5.74, 6) is -4.32. The molecule has 13 heteroatoms. The van der Waals surface area contributed by atoms with Gasteiger partial charge in [0.25, 0.3) is 0 Å². The van der Waals surface area contributed by atoms with Crippen LogP contribution in [0.5, 0.6) is 0 Å². The van der Waals surface area contributed by atoms with Crippen LogP contribution in [0.1, 0.15) is 6.42 Å². The Hall–Kier alpha value is -1.99. The molecule has 0 unspecified atom stereocenters. The summed E-state index contributed by atoms with van der Waals surface area (Å²) in [5.41, 5.74) is -0.360. The molecule has 4 atom stereocenters. The highest BCUT2D eigenvalue weighted by Gasteiger charge is 2.51. The molecule has 1 aromatic rings. The van der Waals surface area contributed by atoms with Gasteiger partial charge in [0, 0.05) is 0 Å². The molecular weight excluding hydrogens is 434 g/mol. The van der Waals surface area contributed by atoms with E-state index < -0.39 is 58.6 Å². The largest absolute Gasteiger partial charge is 0.481 e. The van der Waals surface area contributed by atoms with Crippen LogP contribution in [-0.4, -0.2) is 33.8 Å². The van der Waals surface area contributed by atoms with E-state index in [1.807, 2.05) is 0 Å². The first-order chi connectivity index (χ1) is 12.8. The summed E-state index contributed by atoms with van der Waals surface area (Å²) >= 11 is 5.87. The maximum absolute atomic E-state index is 12.8. The topological polar surface area (TPSA) is 187 Å². The van der Waals surface area contributed by atoms with E-state index in [2.05, 4.69) is 5.32 Å². The average Bonchev–Trinajstić information content (AvgIpc) is 3.13. The molecule has 0 aromatic heterocycles. The second-order valence-electron chi connectivity index (χ2n) is 6.70. The number of benzene rings is 1. The number of carbonyl (C=O) groups excluding carboxylic acids is 1. The van der Waals surface area contributed by atoms with E-state index in [-0.39, 0.29) is 17.5 Å². The lowest BCUT2D eigenvalue weighted by Crippen LogP contribution is -2.36. The van der Waals surface area contributed by atoms with Crippen LogP contribution in [0, 0.1) is 23.7 Å². The molecule has 0 heterocycles. The highest BCUT2D eigenvalue weighted by molar-refractivity contribution is 7.90. The van der Waals surface area contributed by atoms with Crippen LogP contribution >= 0.6 is 11.6 Å². The Morgan fingerprint density at radius 3 is 2.04 bits per heavy atom. The van der Waals surface area contributed by atoms with Crippen molar-refractivity contribution in [1.29, 1.82) is 0 Å². The summed E-state index contributed by atoms with van der Waals surface area (Å²) in [6.07, 6.45) is 4.01. The molecule has 10 nitrogen and oxygen atoms in total. The molecule has 1 amide bonds. The molecule has 3 rings (SSSR count). The summed E-state index contributed by atoms with van der Waals surface area (Å²) in [5, 5.41) is 21.5. The maximum atomic E-state index is 12.8. The van der Waals surface area contributed by atoms with Crippen LogP contribution in [-0.2, 0) is 29.6 Å². The Morgan fingerprint density at radius 1 is 1.00 bits per heavy atom. The number of anilines is 1. The number of halogens is 1. The predicted molar refractivity (Wildman–Crippen MR) is 98.2 cm³/mol. The first-order valence-electron chi connectivity index (χ1n) is 7.92. The van der Waals surface area contributed by atoms with Gasteiger partial charge in [-0.1, -0.05) is 23.8 Å². The number of rotatable bonds is 5.